The molecule has 4 atom stereocenters. The largest absolute Gasteiger partial charge is 0.379 e. The molecule has 0 spiro atoms. The van der Waals surface area contributed by atoms with Crippen LogP contribution in [-0.4, -0.2) is 170 Å². The first-order valence-corrected chi connectivity index (χ1v) is 31.1. The molecule has 4 aromatic carbocycles. The number of benzene rings is 4. The Hall–Kier alpha value is -6.06. The number of carbonyl (C=O) groups excluding carboxylic acids is 10. The third-order valence-electron chi connectivity index (χ3n) is 11.1. The fourth-order valence-electron chi connectivity index (χ4n) is 6.73. The second-order valence-electron chi connectivity index (χ2n) is 19.0. The van der Waals surface area contributed by atoms with Crippen molar-refractivity contribution in [2.75, 3.05) is 128 Å². The zero-order chi connectivity index (χ0) is 65.9. The van der Waals surface area contributed by atoms with Crippen LogP contribution in [0.25, 0.3) is 0 Å². The van der Waals surface area contributed by atoms with Crippen LogP contribution in [0.1, 0.15) is 72.6 Å². The summed E-state index contributed by atoms with van der Waals surface area (Å²) in [7, 11) is 9.90. The maximum Gasteiger partial charge on any atom is 0.250 e. The first-order valence-electron chi connectivity index (χ1n) is 28.7. The van der Waals surface area contributed by atoms with E-state index in [4.69, 9.17) is 28.4 Å². The number of hydrogen-bond donors (Lipinski definition) is 8. The predicted octanol–water partition coefficient (Wildman–Crippen LogP) is 4.35. The summed E-state index contributed by atoms with van der Waals surface area (Å²) in [5.41, 5.74) is 5.81. The van der Waals surface area contributed by atoms with E-state index < -0.39 is 0 Å². The van der Waals surface area contributed by atoms with E-state index >= 15 is 0 Å². The van der Waals surface area contributed by atoms with E-state index in [-0.39, 0.29) is 110 Å². The van der Waals surface area contributed by atoms with Crippen molar-refractivity contribution < 1.29 is 76.4 Å². The molecule has 0 bridgehead atoms. The zero-order valence-electron chi connectivity index (χ0n) is 51.3. The molecule has 490 valence electrons. The van der Waals surface area contributed by atoms with E-state index in [1.54, 1.807) is 60.7 Å². The van der Waals surface area contributed by atoms with Crippen molar-refractivity contribution in [1.29, 1.82) is 0 Å². The molecular weight excluding hydrogens is 1220 g/mol. The molecule has 24 nitrogen and oxygen atoms in total. The molecule has 0 aromatic heterocycles. The van der Waals surface area contributed by atoms with E-state index in [1.165, 1.54) is 0 Å². The van der Waals surface area contributed by atoms with Crippen molar-refractivity contribution in [3.05, 3.63) is 125 Å². The van der Waals surface area contributed by atoms with Gasteiger partial charge in [0.1, 0.15) is 52.9 Å². The highest BCUT2D eigenvalue weighted by Crippen LogP contribution is 2.13. The number of unbranched alkanes of at least 4 members (excludes halogenated alkanes) is 2. The van der Waals surface area contributed by atoms with Gasteiger partial charge in [0.25, 0.3) is 0 Å². The Morgan fingerprint density at radius 2 is 0.775 bits per heavy atom. The number of anilines is 3. The number of nitrogens with one attached hydrogen (secondary N) is 8. The molecule has 0 saturated carbocycles. The first kappa shape index (κ1) is 81.0. The first-order chi connectivity index (χ1) is 42.8. The van der Waals surface area contributed by atoms with Crippen LogP contribution in [0, 0.1) is 0 Å². The Labute approximate surface area is 531 Å². The molecule has 0 radical (unpaired) electrons. The lowest BCUT2D eigenvalue weighted by Crippen LogP contribution is -2.28. The van der Waals surface area contributed by atoms with Crippen LogP contribution in [0.4, 0.5) is 17.1 Å². The van der Waals surface area contributed by atoms with Crippen LogP contribution < -0.4 is 42.5 Å². The van der Waals surface area contributed by atoms with Crippen molar-refractivity contribution in [3.63, 3.8) is 0 Å². The van der Waals surface area contributed by atoms with Crippen molar-refractivity contribution >= 4 is 111 Å². The second kappa shape index (κ2) is 52.7. The van der Waals surface area contributed by atoms with Crippen molar-refractivity contribution in [2.45, 2.75) is 66.1 Å². The number of rotatable bonds is 42. The van der Waals surface area contributed by atoms with Gasteiger partial charge in [0.05, 0.1) is 26.4 Å². The van der Waals surface area contributed by atoms with Gasteiger partial charge in [-0.2, -0.15) is 0 Å². The molecule has 0 heterocycles. The minimum Gasteiger partial charge on any atom is -0.379 e. The number of Topliss-reactive ketones (excluding diaryl/α,β-unsaturated/α-hetero) is 1. The Morgan fingerprint density at radius 3 is 1.16 bits per heavy atom. The van der Waals surface area contributed by atoms with Crippen molar-refractivity contribution in [1.82, 2.24) is 26.6 Å². The van der Waals surface area contributed by atoms with Gasteiger partial charge in [-0.15, -0.1) is 0 Å². The second-order valence-corrected chi connectivity index (χ2v) is 21.5. The van der Waals surface area contributed by atoms with E-state index in [0.717, 1.165) is 67.8 Å². The number of ether oxygens (including phenoxy) is 6. The van der Waals surface area contributed by atoms with Gasteiger partial charge in [-0.25, -0.2) is 0 Å². The molecule has 4 unspecified atom stereocenters. The predicted molar refractivity (Wildman–Crippen MR) is 357 cm³/mol. The molecule has 0 fully saturated rings. The Morgan fingerprint density at radius 1 is 0.393 bits per heavy atom. The van der Waals surface area contributed by atoms with Gasteiger partial charge in [0, 0.05) is 61.8 Å². The maximum absolute atomic E-state index is 11.8. The molecule has 0 aliphatic rings. The number of amides is 5. The van der Waals surface area contributed by atoms with E-state index in [0.29, 0.717) is 75.0 Å². The molecular formula is C61H90N8O16P4. The topological polar surface area (TPSA) is 322 Å². The summed E-state index contributed by atoms with van der Waals surface area (Å²) in [6.45, 7) is 11.8. The van der Waals surface area contributed by atoms with Crippen LogP contribution in [0.15, 0.2) is 97.1 Å². The highest BCUT2D eigenvalue weighted by Gasteiger charge is 2.10. The Balaban J connectivity index is 0.000000607. The lowest BCUT2D eigenvalue weighted by molar-refractivity contribution is -0.127. The molecule has 5 amide bonds. The van der Waals surface area contributed by atoms with Gasteiger partial charge < -0.3 is 71.0 Å². The summed E-state index contributed by atoms with van der Waals surface area (Å²) in [6, 6.07) is 28.8. The van der Waals surface area contributed by atoms with E-state index in [1.807, 2.05) is 85.0 Å². The minimum atomic E-state index is -0.344. The monoisotopic (exact) mass is 1310 g/mol. The summed E-state index contributed by atoms with van der Waals surface area (Å²) in [6.07, 6.45) is 3.78. The average Bonchev–Trinajstić information content (AvgIpc) is 3.58. The third kappa shape index (κ3) is 46.7. The average molecular weight is 1320 g/mol. The molecule has 0 saturated heterocycles. The Bertz CT molecular complexity index is 2710. The van der Waals surface area contributed by atoms with Crippen LogP contribution in [-0.2, 0) is 97.6 Å². The Kier molecular flexibility index (Phi) is 47.9. The quantitative estimate of drug-likeness (QED) is 0.0226. The highest BCUT2D eigenvalue weighted by atomic mass is 31.0. The van der Waals surface area contributed by atoms with Crippen LogP contribution in [0.5, 0.6) is 0 Å². The summed E-state index contributed by atoms with van der Waals surface area (Å²) < 4.78 is 30.6. The van der Waals surface area contributed by atoms with Gasteiger partial charge in [0.2, 0.25) is 29.5 Å². The van der Waals surface area contributed by atoms with Gasteiger partial charge in [-0.3, -0.25) is 47.9 Å². The van der Waals surface area contributed by atoms with E-state index in [2.05, 4.69) is 58.7 Å². The minimum absolute atomic E-state index is 0.00870. The van der Waals surface area contributed by atoms with Gasteiger partial charge in [0.15, 0.2) is 27.9 Å². The zero-order valence-corrected chi connectivity index (χ0v) is 56.0. The van der Waals surface area contributed by atoms with Crippen LogP contribution >= 0.6 is 37.0 Å². The molecule has 4 aromatic rings. The number of carbonyl (C=O) groups is 10. The molecule has 0 aliphatic heterocycles. The molecule has 4 rings (SSSR count). The molecule has 8 N–H and O–H groups in total. The normalized spacial score (nSPS) is 10.3. The smallest absolute Gasteiger partial charge is 0.250 e. The summed E-state index contributed by atoms with van der Waals surface area (Å²) >= 11 is 0. The summed E-state index contributed by atoms with van der Waals surface area (Å²) in [5, 5.41) is 22.7. The fourth-order valence-corrected chi connectivity index (χ4v) is 7.28. The molecule has 89 heavy (non-hydrogen) atoms. The van der Waals surface area contributed by atoms with Gasteiger partial charge >= 0.3 is 0 Å². The summed E-state index contributed by atoms with van der Waals surface area (Å²) in [4.78, 5) is 113. The fraction of sp³-hybridized carbons (Fsp3) is 0.443. The SMILES string of the molecule is CCCCCOCCOCC(=O)NCc1ccc(NC(=O)COCC(=O)P)cc1.CCNCC(=O)Cc1ccc(C(=O)P)cc1.CCNCc1ccc(NC(=O)COCC(=O)P)cc1.CNCCOCC(=O)NCc1ccc(NC(=O)COCC(=O)P)cc1. The van der Waals surface area contributed by atoms with Gasteiger partial charge in [-0.05, 0) is 85.2 Å². The molecule has 0 aliphatic carbocycles. The third-order valence-corrected chi connectivity index (χ3v) is 12.0. The maximum atomic E-state index is 11.8. The molecule has 28 heteroatoms. The van der Waals surface area contributed by atoms with Crippen LogP contribution in [0.3, 0.4) is 0 Å². The number of ketones is 1. The lowest BCUT2D eigenvalue weighted by atomic mass is 10.1. The van der Waals surface area contributed by atoms with Gasteiger partial charge in [-0.1, -0.05) is 131 Å². The lowest BCUT2D eigenvalue weighted by Gasteiger charge is -2.09. The summed E-state index contributed by atoms with van der Waals surface area (Å²) in [5.74, 6) is -1.18. The standard InChI is InChI=1S/C20H31N2O6P.C16H24N3O5P.C13H19N2O3P.C12H16NO2P/c1-2-3-4-9-26-10-11-27-13-18(23)21-12-16-5-7-17(8-6-16)22-19(24)14-28-15-20(25)29;1-17-6-7-23-9-14(20)18-8-12-2-4-13(5-3-12)19-15(21)10-24-11-16(22)25;1-2-14-7-10-3-5-11(6-4-10)15-12(16)8-18-9-13(17)19;1-2-13-8-11(14)7-9-3-5-10(6-4-9)12(15)16/h5-8H,2-4,9-15,29H2,1H3,(H,21,23)(H,22,24);2-5,17H,6-11,25H2,1H3,(H,18,20)(H,19,21);3-6,14H,2,7-9,19H2,1H3,(H,15,16);3-6,13H,2,7-8,16H2,1H3. The van der Waals surface area contributed by atoms with E-state index in [9.17, 15) is 47.9 Å². The van der Waals surface area contributed by atoms with Crippen LogP contribution in [0.2, 0.25) is 0 Å². The van der Waals surface area contributed by atoms with Crippen molar-refractivity contribution in [2.24, 2.45) is 0 Å². The number of likely N-dealkylation sites (N-methyl/N-ethyl adjacent to an activating group) is 2. The highest BCUT2D eigenvalue weighted by molar-refractivity contribution is 7.41. The number of hydrogen-bond acceptors (Lipinski definition) is 19. The van der Waals surface area contributed by atoms with Crippen molar-refractivity contribution in [3.8, 4) is 0 Å².